The number of hydrogen-bond acceptors (Lipinski definition) is 6. The fourth-order valence-corrected chi connectivity index (χ4v) is 2.66. The molecular weight excluding hydrogens is 270 g/mol. The van der Waals surface area contributed by atoms with Gasteiger partial charge in [-0.3, -0.25) is 5.73 Å². The van der Waals surface area contributed by atoms with Gasteiger partial charge in [-0.1, -0.05) is 6.07 Å². The number of ether oxygens (including phenoxy) is 2. The fourth-order valence-electron chi connectivity index (χ4n) is 1.70. The van der Waals surface area contributed by atoms with Crippen molar-refractivity contribution in [1.29, 1.82) is 0 Å². The van der Waals surface area contributed by atoms with E-state index in [9.17, 15) is 13.5 Å². The molecular formula is C12H19NO5S. The highest BCUT2D eigenvalue weighted by atomic mass is 32.2. The molecule has 6 nitrogen and oxygen atoms in total. The monoisotopic (exact) mass is 289 g/mol. The Labute approximate surface area is 113 Å². The highest BCUT2D eigenvalue weighted by molar-refractivity contribution is 7.90. The van der Waals surface area contributed by atoms with Gasteiger partial charge >= 0.3 is 0 Å². The number of aliphatic hydroxyl groups is 1. The molecule has 19 heavy (non-hydrogen) atoms. The first-order valence-corrected chi connectivity index (χ1v) is 7.76. The zero-order valence-electron chi connectivity index (χ0n) is 11.2. The molecule has 0 aromatic heterocycles. The fraction of sp³-hybridized carbons (Fsp3) is 0.500. The van der Waals surface area contributed by atoms with E-state index in [0.29, 0.717) is 18.1 Å². The van der Waals surface area contributed by atoms with Crippen molar-refractivity contribution in [1.82, 2.24) is 0 Å². The van der Waals surface area contributed by atoms with Crippen LogP contribution in [0.3, 0.4) is 0 Å². The van der Waals surface area contributed by atoms with E-state index in [-0.39, 0.29) is 5.56 Å². The van der Waals surface area contributed by atoms with Crippen molar-refractivity contribution >= 4 is 9.84 Å². The molecule has 0 heterocycles. The Balaban J connectivity index is 3.16. The topological polar surface area (TPSA) is 98.9 Å². The van der Waals surface area contributed by atoms with E-state index in [1.165, 1.54) is 19.2 Å². The molecule has 108 valence electrons. The lowest BCUT2D eigenvalue weighted by Gasteiger charge is -2.23. The summed E-state index contributed by atoms with van der Waals surface area (Å²) in [6, 6.07) is 4.56. The van der Waals surface area contributed by atoms with Crippen molar-refractivity contribution in [3.05, 3.63) is 23.8 Å². The Morgan fingerprint density at radius 1 is 1.37 bits per heavy atom. The zero-order chi connectivity index (χ0) is 14.7. The van der Waals surface area contributed by atoms with Crippen LogP contribution in [0.25, 0.3) is 0 Å². The summed E-state index contributed by atoms with van der Waals surface area (Å²) < 4.78 is 33.0. The third-order valence-corrected chi connectivity index (χ3v) is 3.41. The van der Waals surface area contributed by atoms with Crippen LogP contribution < -0.4 is 15.2 Å². The van der Waals surface area contributed by atoms with Gasteiger partial charge in [-0.15, -0.1) is 0 Å². The van der Waals surface area contributed by atoms with Crippen molar-refractivity contribution < 1.29 is 23.0 Å². The molecule has 1 unspecified atom stereocenters. The Hall–Kier alpha value is -1.31. The zero-order valence-corrected chi connectivity index (χ0v) is 12.0. The quantitative estimate of drug-likeness (QED) is 0.728. The molecule has 0 saturated carbocycles. The van der Waals surface area contributed by atoms with Crippen LogP contribution in [-0.2, 0) is 15.6 Å². The molecule has 0 bridgehead atoms. The van der Waals surface area contributed by atoms with Gasteiger partial charge in [-0.2, -0.15) is 0 Å². The second-order valence-corrected chi connectivity index (χ2v) is 6.43. The van der Waals surface area contributed by atoms with Gasteiger partial charge in [0.2, 0.25) is 0 Å². The van der Waals surface area contributed by atoms with E-state index in [1.54, 1.807) is 13.0 Å². The third kappa shape index (κ3) is 4.38. The van der Waals surface area contributed by atoms with Crippen LogP contribution in [0.2, 0.25) is 0 Å². The van der Waals surface area contributed by atoms with Crippen molar-refractivity contribution in [3.8, 4) is 11.5 Å². The lowest BCUT2D eigenvalue weighted by Crippen LogP contribution is -2.43. The molecule has 0 radical (unpaired) electrons. The van der Waals surface area contributed by atoms with E-state index in [1.807, 2.05) is 0 Å². The van der Waals surface area contributed by atoms with E-state index in [0.717, 1.165) is 6.26 Å². The van der Waals surface area contributed by atoms with Crippen molar-refractivity contribution in [2.24, 2.45) is 5.73 Å². The SMILES string of the molecule is CCOc1cc(C(N)(O)CS(C)(=O)=O)ccc1OC. The van der Waals surface area contributed by atoms with Crippen LogP contribution in [0, 0.1) is 0 Å². The van der Waals surface area contributed by atoms with Crippen molar-refractivity contribution in [2.75, 3.05) is 25.7 Å². The Bertz CT molecular complexity index is 539. The summed E-state index contributed by atoms with van der Waals surface area (Å²) in [5.41, 5.74) is 3.95. The summed E-state index contributed by atoms with van der Waals surface area (Å²) in [5.74, 6) is 0.318. The summed E-state index contributed by atoms with van der Waals surface area (Å²) in [5, 5.41) is 10.1. The molecule has 3 N–H and O–H groups in total. The molecule has 1 atom stereocenters. The summed E-state index contributed by atoms with van der Waals surface area (Å²) in [7, 11) is -1.93. The maximum absolute atomic E-state index is 11.3. The molecule has 0 aliphatic carbocycles. The Morgan fingerprint density at radius 3 is 2.47 bits per heavy atom. The van der Waals surface area contributed by atoms with Crippen molar-refractivity contribution in [2.45, 2.75) is 12.6 Å². The van der Waals surface area contributed by atoms with Gasteiger partial charge in [0.25, 0.3) is 0 Å². The predicted octanol–water partition coefficient (Wildman–Crippen LogP) is 0.242. The second-order valence-electron chi connectivity index (χ2n) is 4.29. The van der Waals surface area contributed by atoms with Crippen LogP contribution in [0.1, 0.15) is 12.5 Å². The number of nitrogens with two attached hydrogens (primary N) is 1. The van der Waals surface area contributed by atoms with E-state index < -0.39 is 21.3 Å². The lowest BCUT2D eigenvalue weighted by molar-refractivity contribution is 0.0679. The van der Waals surface area contributed by atoms with E-state index >= 15 is 0 Å². The molecule has 0 aliphatic heterocycles. The largest absolute Gasteiger partial charge is 0.493 e. The molecule has 0 fully saturated rings. The average Bonchev–Trinajstić information content (AvgIpc) is 2.26. The van der Waals surface area contributed by atoms with Crippen LogP contribution in [0.4, 0.5) is 0 Å². The van der Waals surface area contributed by atoms with Crippen LogP contribution in [0.5, 0.6) is 11.5 Å². The minimum Gasteiger partial charge on any atom is -0.493 e. The summed E-state index contributed by atoms with van der Waals surface area (Å²) in [6.07, 6.45) is 1.01. The molecule has 0 aliphatic rings. The van der Waals surface area contributed by atoms with Crippen molar-refractivity contribution in [3.63, 3.8) is 0 Å². The Morgan fingerprint density at radius 2 is 2.00 bits per heavy atom. The maximum atomic E-state index is 11.3. The number of methoxy groups -OCH3 is 1. The van der Waals surface area contributed by atoms with Gasteiger partial charge in [0.1, 0.15) is 0 Å². The predicted molar refractivity (Wildman–Crippen MR) is 72.0 cm³/mol. The smallest absolute Gasteiger partial charge is 0.161 e. The minimum atomic E-state index is -3.42. The normalized spacial score (nSPS) is 14.8. The van der Waals surface area contributed by atoms with Crippen LogP contribution in [0.15, 0.2) is 18.2 Å². The van der Waals surface area contributed by atoms with E-state index in [2.05, 4.69) is 0 Å². The van der Waals surface area contributed by atoms with Gasteiger partial charge in [-0.25, -0.2) is 8.42 Å². The molecule has 7 heteroatoms. The Kier molecular flexibility index (Phi) is 4.78. The first-order valence-electron chi connectivity index (χ1n) is 5.70. The highest BCUT2D eigenvalue weighted by Crippen LogP contribution is 2.31. The number of hydrogen-bond donors (Lipinski definition) is 2. The number of sulfone groups is 1. The minimum absolute atomic E-state index is 0.252. The lowest BCUT2D eigenvalue weighted by atomic mass is 10.1. The summed E-state index contributed by atoms with van der Waals surface area (Å²) in [4.78, 5) is 0. The van der Waals surface area contributed by atoms with Gasteiger partial charge in [0.15, 0.2) is 27.1 Å². The molecule has 1 rings (SSSR count). The third-order valence-electron chi connectivity index (χ3n) is 2.45. The maximum Gasteiger partial charge on any atom is 0.161 e. The van der Waals surface area contributed by atoms with Gasteiger partial charge in [-0.05, 0) is 19.1 Å². The average molecular weight is 289 g/mol. The summed E-state index contributed by atoms with van der Waals surface area (Å²) >= 11 is 0. The van der Waals surface area contributed by atoms with Crippen LogP contribution in [-0.4, -0.2) is 39.2 Å². The highest BCUT2D eigenvalue weighted by Gasteiger charge is 2.29. The first kappa shape index (κ1) is 15.7. The van der Waals surface area contributed by atoms with Gasteiger partial charge < -0.3 is 14.6 Å². The first-order chi connectivity index (χ1) is 8.69. The van der Waals surface area contributed by atoms with Crippen LogP contribution >= 0.6 is 0 Å². The molecule has 0 amide bonds. The van der Waals surface area contributed by atoms with Gasteiger partial charge in [0.05, 0.1) is 19.5 Å². The second kappa shape index (κ2) is 5.77. The molecule has 0 spiro atoms. The molecule has 0 saturated heterocycles. The number of benzene rings is 1. The molecule has 1 aromatic carbocycles. The standard InChI is InChI=1S/C12H19NO5S/c1-4-18-11-7-9(5-6-10(11)17-2)12(13,14)8-19(3,15)16/h5-7,14H,4,8,13H2,1-3H3. The van der Waals surface area contributed by atoms with Gasteiger partial charge in [0, 0.05) is 11.8 Å². The molecule has 1 aromatic rings. The summed E-state index contributed by atoms with van der Waals surface area (Å²) in [6.45, 7) is 2.21. The van der Waals surface area contributed by atoms with E-state index in [4.69, 9.17) is 15.2 Å². The number of rotatable bonds is 6.